The van der Waals surface area contributed by atoms with Crippen molar-refractivity contribution in [1.82, 2.24) is 14.1 Å². The first kappa shape index (κ1) is 18.3. The third-order valence-electron chi connectivity index (χ3n) is 5.37. The molecule has 0 aliphatic carbocycles. The number of aryl methyl sites for hydroxylation is 1. The Morgan fingerprint density at radius 3 is 2.53 bits per heavy atom. The quantitative estimate of drug-likeness (QED) is 0.474. The predicted molar refractivity (Wildman–Crippen MR) is 117 cm³/mol. The predicted octanol–water partition coefficient (Wildman–Crippen LogP) is 5.08. The largest absolute Gasteiger partial charge is 0.346 e. The van der Waals surface area contributed by atoms with E-state index in [1.807, 2.05) is 42.3 Å². The maximum Gasteiger partial charge on any atom is 0.123 e. The van der Waals surface area contributed by atoms with Crippen LogP contribution in [0.3, 0.4) is 0 Å². The third kappa shape index (κ3) is 3.50. The van der Waals surface area contributed by atoms with Crippen LogP contribution in [0.2, 0.25) is 0 Å². The van der Waals surface area contributed by atoms with Crippen molar-refractivity contribution in [3.8, 4) is 5.69 Å². The fourth-order valence-electron chi connectivity index (χ4n) is 3.83. The molecule has 2 aromatic carbocycles. The molecule has 0 saturated heterocycles. The Balaban J connectivity index is 1.46. The second-order valence-electron chi connectivity index (χ2n) is 7.47. The van der Waals surface area contributed by atoms with Gasteiger partial charge in [0.15, 0.2) is 0 Å². The topological polar surface area (TPSA) is 35.1 Å². The molecule has 5 rings (SSSR count). The van der Waals surface area contributed by atoms with Crippen LogP contribution in [0.5, 0.6) is 0 Å². The van der Waals surface area contributed by atoms with Crippen LogP contribution >= 0.6 is 0 Å². The number of imidazole rings is 1. The van der Waals surface area contributed by atoms with Gasteiger partial charge in [-0.15, -0.1) is 0 Å². The average Bonchev–Trinajstić information content (AvgIpc) is 3.30. The molecule has 0 saturated carbocycles. The summed E-state index contributed by atoms with van der Waals surface area (Å²) in [6.07, 6.45) is 10.7. The lowest BCUT2D eigenvalue weighted by Crippen LogP contribution is -2.08. The van der Waals surface area contributed by atoms with E-state index in [4.69, 9.17) is 4.99 Å². The van der Waals surface area contributed by atoms with Gasteiger partial charge in [0.1, 0.15) is 5.82 Å². The smallest absolute Gasteiger partial charge is 0.123 e. The maximum absolute atomic E-state index is 13.2. The van der Waals surface area contributed by atoms with Crippen LogP contribution in [0.25, 0.3) is 5.69 Å². The van der Waals surface area contributed by atoms with Gasteiger partial charge in [-0.3, -0.25) is 4.99 Å². The van der Waals surface area contributed by atoms with Crippen LogP contribution < -0.4 is 0 Å². The summed E-state index contributed by atoms with van der Waals surface area (Å²) in [5.41, 5.74) is 7.51. The van der Waals surface area contributed by atoms with Gasteiger partial charge in [0.25, 0.3) is 0 Å². The molecule has 5 heteroatoms. The summed E-state index contributed by atoms with van der Waals surface area (Å²) < 4.78 is 17.5. The Bertz CT molecular complexity index is 1240. The van der Waals surface area contributed by atoms with Gasteiger partial charge in [-0.25, -0.2) is 9.37 Å². The van der Waals surface area contributed by atoms with E-state index in [1.165, 1.54) is 17.8 Å². The minimum Gasteiger partial charge on any atom is -0.346 e. The van der Waals surface area contributed by atoms with Crippen LogP contribution in [-0.2, 0) is 13.0 Å². The lowest BCUT2D eigenvalue weighted by Gasteiger charge is -2.11. The van der Waals surface area contributed by atoms with E-state index in [0.29, 0.717) is 6.54 Å². The maximum atomic E-state index is 13.2. The first-order valence-electron chi connectivity index (χ1n) is 9.94. The van der Waals surface area contributed by atoms with Crippen molar-refractivity contribution in [2.75, 3.05) is 0 Å². The van der Waals surface area contributed by atoms with Crippen LogP contribution in [0.15, 0.2) is 90.6 Å². The Morgan fingerprint density at radius 1 is 1.00 bits per heavy atom. The minimum absolute atomic E-state index is 0.211. The van der Waals surface area contributed by atoms with E-state index < -0.39 is 0 Å². The molecule has 0 atom stereocenters. The monoisotopic (exact) mass is 396 g/mol. The second kappa shape index (κ2) is 7.59. The SMILES string of the molecule is Cc1cn(-c2ccc(C3=NC=CCc4c3ccn4Cc3ccc(F)cc3)cc2)cn1. The first-order valence-corrected chi connectivity index (χ1v) is 9.94. The molecule has 0 bridgehead atoms. The van der Waals surface area contributed by atoms with Gasteiger partial charge in [-0.1, -0.05) is 30.3 Å². The molecule has 2 aromatic heterocycles. The number of aliphatic imine (C=N–C) groups is 1. The molecule has 0 spiro atoms. The molecule has 0 radical (unpaired) electrons. The van der Waals surface area contributed by atoms with Gasteiger partial charge in [0.2, 0.25) is 0 Å². The molecule has 0 unspecified atom stereocenters. The zero-order chi connectivity index (χ0) is 20.5. The molecule has 4 aromatic rings. The molecule has 30 heavy (non-hydrogen) atoms. The molecule has 3 heterocycles. The first-order chi connectivity index (χ1) is 14.7. The number of hydrogen-bond donors (Lipinski definition) is 0. The summed E-state index contributed by atoms with van der Waals surface area (Å²) in [6.45, 7) is 2.69. The highest BCUT2D eigenvalue weighted by molar-refractivity contribution is 6.14. The van der Waals surface area contributed by atoms with Crippen molar-refractivity contribution in [3.63, 3.8) is 0 Å². The molecule has 4 nitrogen and oxygen atoms in total. The summed E-state index contributed by atoms with van der Waals surface area (Å²) in [7, 11) is 0. The van der Waals surface area contributed by atoms with E-state index in [-0.39, 0.29) is 5.82 Å². The zero-order valence-corrected chi connectivity index (χ0v) is 16.7. The van der Waals surface area contributed by atoms with E-state index in [9.17, 15) is 4.39 Å². The lowest BCUT2D eigenvalue weighted by atomic mass is 10.0. The Morgan fingerprint density at radius 2 is 1.80 bits per heavy atom. The summed E-state index contributed by atoms with van der Waals surface area (Å²) in [6, 6.07) is 17.2. The third-order valence-corrected chi connectivity index (χ3v) is 5.37. The number of halogens is 1. The van der Waals surface area contributed by atoms with Crippen LogP contribution in [0, 0.1) is 12.7 Å². The van der Waals surface area contributed by atoms with E-state index in [0.717, 1.165) is 40.2 Å². The number of rotatable bonds is 4. The van der Waals surface area contributed by atoms with Crippen molar-refractivity contribution in [3.05, 3.63) is 119 Å². The molecule has 0 N–H and O–H groups in total. The zero-order valence-electron chi connectivity index (χ0n) is 16.7. The summed E-state index contributed by atoms with van der Waals surface area (Å²) in [4.78, 5) is 9.02. The average molecular weight is 396 g/mol. The van der Waals surface area contributed by atoms with Gasteiger partial charge in [0.05, 0.1) is 17.7 Å². The number of benzene rings is 2. The standard InChI is InChI=1S/C25H21FN4/c1-18-15-30(17-28-18)22-10-6-20(7-11-22)25-23-12-14-29(24(23)3-2-13-27-25)16-19-4-8-21(26)9-5-19/h2,4-15,17H,3,16H2,1H3. The summed E-state index contributed by atoms with van der Waals surface area (Å²) >= 11 is 0. The van der Waals surface area contributed by atoms with Crippen molar-refractivity contribution >= 4 is 5.71 Å². The summed E-state index contributed by atoms with van der Waals surface area (Å²) in [5, 5.41) is 0. The molecular weight excluding hydrogens is 375 g/mol. The van der Waals surface area contributed by atoms with Crippen LogP contribution in [-0.4, -0.2) is 19.8 Å². The molecule has 148 valence electrons. The van der Waals surface area contributed by atoms with Crippen molar-refractivity contribution in [2.24, 2.45) is 4.99 Å². The number of nitrogens with zero attached hydrogens (tertiary/aromatic N) is 4. The fraction of sp³-hybridized carbons (Fsp3) is 0.120. The molecule has 0 fully saturated rings. The normalized spacial score (nSPS) is 13.1. The van der Waals surface area contributed by atoms with Crippen molar-refractivity contribution in [1.29, 1.82) is 0 Å². The van der Waals surface area contributed by atoms with Crippen LogP contribution in [0.4, 0.5) is 4.39 Å². The van der Waals surface area contributed by atoms with Crippen LogP contribution in [0.1, 0.15) is 28.1 Å². The Labute approximate surface area is 174 Å². The van der Waals surface area contributed by atoms with E-state index >= 15 is 0 Å². The van der Waals surface area contributed by atoms with Gasteiger partial charge >= 0.3 is 0 Å². The molecule has 1 aliphatic heterocycles. The molecular formula is C25H21FN4. The van der Waals surface area contributed by atoms with E-state index in [2.05, 4.69) is 52.2 Å². The fourth-order valence-corrected chi connectivity index (χ4v) is 3.83. The second-order valence-corrected chi connectivity index (χ2v) is 7.47. The van der Waals surface area contributed by atoms with Gasteiger partial charge in [0, 0.05) is 54.1 Å². The molecule has 1 aliphatic rings. The highest BCUT2D eigenvalue weighted by Crippen LogP contribution is 2.23. The van der Waals surface area contributed by atoms with Gasteiger partial charge in [-0.2, -0.15) is 0 Å². The highest BCUT2D eigenvalue weighted by Gasteiger charge is 2.17. The number of hydrogen-bond acceptors (Lipinski definition) is 2. The number of fused-ring (bicyclic) bond motifs is 1. The van der Waals surface area contributed by atoms with Gasteiger partial charge < -0.3 is 9.13 Å². The molecule has 0 amide bonds. The van der Waals surface area contributed by atoms with E-state index in [1.54, 1.807) is 0 Å². The number of aromatic nitrogens is 3. The lowest BCUT2D eigenvalue weighted by molar-refractivity contribution is 0.626. The Hall–Kier alpha value is -3.73. The van der Waals surface area contributed by atoms with Gasteiger partial charge in [-0.05, 0) is 42.8 Å². The minimum atomic E-state index is -0.211. The summed E-state index contributed by atoms with van der Waals surface area (Å²) in [5.74, 6) is -0.211. The van der Waals surface area contributed by atoms with Crippen molar-refractivity contribution < 1.29 is 4.39 Å². The highest BCUT2D eigenvalue weighted by atomic mass is 19.1. The number of allylic oxidation sites excluding steroid dienone is 1. The Kier molecular flexibility index (Phi) is 4.64. The van der Waals surface area contributed by atoms with Crippen molar-refractivity contribution in [2.45, 2.75) is 19.9 Å².